The molecule has 3 nitrogen and oxygen atoms in total. The first-order valence-electron chi connectivity index (χ1n) is 6.24. The summed E-state index contributed by atoms with van der Waals surface area (Å²) in [4.78, 5) is 13.8. The zero-order chi connectivity index (χ0) is 14.9. The normalized spacial score (nSPS) is 10.4. The standard InChI is InChI=1S/C16H16FNO2/c1-10-4-7-14(11(2)8-10)18(3)16(20)13-6-5-12(17)9-15(13)19/h4-9,19H,1-3H3. The zero-order valence-corrected chi connectivity index (χ0v) is 11.6. The summed E-state index contributed by atoms with van der Waals surface area (Å²) in [6.45, 7) is 3.89. The molecule has 2 aromatic carbocycles. The third-order valence-electron chi connectivity index (χ3n) is 3.21. The van der Waals surface area contributed by atoms with Gasteiger partial charge in [-0.3, -0.25) is 4.79 Å². The molecule has 0 saturated carbocycles. The highest BCUT2D eigenvalue weighted by atomic mass is 19.1. The molecule has 0 aliphatic rings. The van der Waals surface area contributed by atoms with E-state index in [1.165, 1.54) is 11.0 Å². The summed E-state index contributed by atoms with van der Waals surface area (Å²) in [5, 5.41) is 9.68. The maximum absolute atomic E-state index is 13.0. The predicted molar refractivity (Wildman–Crippen MR) is 76.7 cm³/mol. The molecule has 0 spiro atoms. The number of aromatic hydroxyl groups is 1. The quantitative estimate of drug-likeness (QED) is 0.910. The van der Waals surface area contributed by atoms with E-state index in [0.717, 1.165) is 28.9 Å². The molecule has 0 unspecified atom stereocenters. The molecule has 2 rings (SSSR count). The number of carbonyl (C=O) groups excluding carboxylic acids is 1. The number of benzene rings is 2. The molecule has 0 heterocycles. The number of phenolic OH excluding ortho intramolecular Hbond substituents is 1. The van der Waals surface area contributed by atoms with Gasteiger partial charge >= 0.3 is 0 Å². The molecule has 0 atom stereocenters. The van der Waals surface area contributed by atoms with Crippen LogP contribution < -0.4 is 4.90 Å². The van der Waals surface area contributed by atoms with E-state index in [0.29, 0.717) is 0 Å². The molecule has 1 amide bonds. The summed E-state index contributed by atoms with van der Waals surface area (Å²) < 4.78 is 13.0. The maximum Gasteiger partial charge on any atom is 0.261 e. The minimum Gasteiger partial charge on any atom is -0.507 e. The fourth-order valence-corrected chi connectivity index (χ4v) is 2.16. The van der Waals surface area contributed by atoms with Crippen molar-refractivity contribution in [1.82, 2.24) is 0 Å². The fourth-order valence-electron chi connectivity index (χ4n) is 2.16. The Balaban J connectivity index is 2.37. The zero-order valence-electron chi connectivity index (χ0n) is 11.6. The summed E-state index contributed by atoms with van der Waals surface area (Å²) in [6.07, 6.45) is 0. The molecule has 1 N–H and O–H groups in total. The lowest BCUT2D eigenvalue weighted by molar-refractivity contribution is 0.0990. The molecule has 20 heavy (non-hydrogen) atoms. The fraction of sp³-hybridized carbons (Fsp3) is 0.188. The lowest BCUT2D eigenvalue weighted by Gasteiger charge is -2.20. The van der Waals surface area contributed by atoms with E-state index >= 15 is 0 Å². The Morgan fingerprint density at radius 3 is 2.45 bits per heavy atom. The van der Waals surface area contributed by atoms with Crippen molar-refractivity contribution >= 4 is 11.6 Å². The van der Waals surface area contributed by atoms with Gasteiger partial charge in [0.25, 0.3) is 5.91 Å². The van der Waals surface area contributed by atoms with Gasteiger partial charge in [-0.25, -0.2) is 4.39 Å². The number of anilines is 1. The van der Waals surface area contributed by atoms with Gasteiger partial charge in [0, 0.05) is 18.8 Å². The van der Waals surface area contributed by atoms with Crippen molar-refractivity contribution in [2.24, 2.45) is 0 Å². The Morgan fingerprint density at radius 2 is 1.85 bits per heavy atom. The number of nitrogens with zero attached hydrogens (tertiary/aromatic N) is 1. The molecule has 104 valence electrons. The summed E-state index contributed by atoms with van der Waals surface area (Å²) in [5.74, 6) is -1.31. The van der Waals surface area contributed by atoms with E-state index in [2.05, 4.69) is 0 Å². The second kappa shape index (κ2) is 5.33. The molecular formula is C16H16FNO2. The molecule has 0 saturated heterocycles. The molecule has 4 heteroatoms. The van der Waals surface area contributed by atoms with Gasteiger partial charge in [-0.05, 0) is 37.6 Å². The maximum atomic E-state index is 13.0. The summed E-state index contributed by atoms with van der Waals surface area (Å²) in [7, 11) is 1.63. The number of phenols is 1. The highest BCUT2D eigenvalue weighted by Gasteiger charge is 2.18. The van der Waals surface area contributed by atoms with Gasteiger partial charge in [-0.15, -0.1) is 0 Å². The monoisotopic (exact) mass is 273 g/mol. The third kappa shape index (κ3) is 2.64. The summed E-state index contributed by atoms with van der Waals surface area (Å²) in [6, 6.07) is 9.11. The second-order valence-corrected chi connectivity index (χ2v) is 4.82. The first-order valence-corrected chi connectivity index (χ1v) is 6.24. The van der Waals surface area contributed by atoms with Gasteiger partial charge in [-0.1, -0.05) is 17.7 Å². The molecule has 0 bridgehead atoms. The average molecular weight is 273 g/mol. The lowest BCUT2D eigenvalue weighted by Crippen LogP contribution is -2.27. The van der Waals surface area contributed by atoms with Gasteiger partial charge in [0.1, 0.15) is 11.6 Å². The highest BCUT2D eigenvalue weighted by Crippen LogP contribution is 2.25. The van der Waals surface area contributed by atoms with E-state index in [9.17, 15) is 14.3 Å². The smallest absolute Gasteiger partial charge is 0.261 e. The highest BCUT2D eigenvalue weighted by molar-refractivity contribution is 6.07. The Bertz CT molecular complexity index is 668. The van der Waals surface area contributed by atoms with Crippen LogP contribution in [0.4, 0.5) is 10.1 Å². The van der Waals surface area contributed by atoms with Crippen molar-refractivity contribution in [2.45, 2.75) is 13.8 Å². The van der Waals surface area contributed by atoms with Gasteiger partial charge in [0.05, 0.1) is 5.56 Å². The number of hydrogen-bond acceptors (Lipinski definition) is 2. The van der Waals surface area contributed by atoms with E-state index < -0.39 is 5.82 Å². The summed E-state index contributed by atoms with van der Waals surface area (Å²) in [5.41, 5.74) is 2.90. The molecule has 0 aliphatic heterocycles. The van der Waals surface area contributed by atoms with Gasteiger partial charge in [0.2, 0.25) is 0 Å². The van der Waals surface area contributed by atoms with E-state index in [4.69, 9.17) is 0 Å². The van der Waals surface area contributed by atoms with Crippen molar-refractivity contribution in [1.29, 1.82) is 0 Å². The van der Waals surface area contributed by atoms with Crippen LogP contribution >= 0.6 is 0 Å². The Kier molecular flexibility index (Phi) is 3.74. The SMILES string of the molecule is Cc1ccc(N(C)C(=O)c2ccc(F)cc2O)c(C)c1. The van der Waals surface area contributed by atoms with E-state index in [-0.39, 0.29) is 17.2 Å². The first-order chi connectivity index (χ1) is 9.40. The van der Waals surface area contributed by atoms with Crippen LogP contribution in [-0.2, 0) is 0 Å². The number of rotatable bonds is 2. The number of aryl methyl sites for hydroxylation is 2. The van der Waals surface area contributed by atoms with Crippen molar-refractivity contribution < 1.29 is 14.3 Å². The topological polar surface area (TPSA) is 40.5 Å². The van der Waals surface area contributed by atoms with Crippen LogP contribution in [0.15, 0.2) is 36.4 Å². The minimum atomic E-state index is -0.576. The Hall–Kier alpha value is -2.36. The van der Waals surface area contributed by atoms with E-state index in [1.807, 2.05) is 32.0 Å². The molecule has 0 aromatic heterocycles. The van der Waals surface area contributed by atoms with Crippen LogP contribution in [0, 0.1) is 19.7 Å². The number of hydrogen-bond donors (Lipinski definition) is 1. The van der Waals surface area contributed by atoms with Crippen molar-refractivity contribution in [3.63, 3.8) is 0 Å². The summed E-state index contributed by atoms with van der Waals surface area (Å²) >= 11 is 0. The van der Waals surface area contributed by atoms with Crippen molar-refractivity contribution in [3.8, 4) is 5.75 Å². The minimum absolute atomic E-state index is 0.0777. The van der Waals surface area contributed by atoms with Crippen LogP contribution in [0.1, 0.15) is 21.5 Å². The molecule has 2 aromatic rings. The van der Waals surface area contributed by atoms with Gasteiger partial charge in [-0.2, -0.15) is 0 Å². The van der Waals surface area contributed by atoms with E-state index in [1.54, 1.807) is 7.05 Å². The van der Waals surface area contributed by atoms with Crippen molar-refractivity contribution in [2.75, 3.05) is 11.9 Å². The van der Waals surface area contributed by atoms with Crippen LogP contribution in [0.25, 0.3) is 0 Å². The van der Waals surface area contributed by atoms with Crippen LogP contribution in [0.3, 0.4) is 0 Å². The Labute approximate surface area is 117 Å². The average Bonchev–Trinajstić information content (AvgIpc) is 2.37. The van der Waals surface area contributed by atoms with Gasteiger partial charge in [0.15, 0.2) is 0 Å². The Morgan fingerprint density at radius 1 is 1.15 bits per heavy atom. The van der Waals surface area contributed by atoms with Crippen molar-refractivity contribution in [3.05, 3.63) is 58.9 Å². The first kappa shape index (κ1) is 14.1. The number of amides is 1. The van der Waals surface area contributed by atoms with Crippen LogP contribution in [0.2, 0.25) is 0 Å². The molecule has 0 fully saturated rings. The number of halogens is 1. The number of carbonyl (C=O) groups is 1. The van der Waals surface area contributed by atoms with Crippen LogP contribution in [-0.4, -0.2) is 18.1 Å². The molecular weight excluding hydrogens is 257 g/mol. The lowest BCUT2D eigenvalue weighted by atomic mass is 10.1. The third-order valence-corrected chi connectivity index (χ3v) is 3.21. The largest absolute Gasteiger partial charge is 0.507 e. The molecule has 0 aliphatic carbocycles. The second-order valence-electron chi connectivity index (χ2n) is 4.82. The molecule has 0 radical (unpaired) electrons. The van der Waals surface area contributed by atoms with Crippen LogP contribution in [0.5, 0.6) is 5.75 Å². The van der Waals surface area contributed by atoms with Gasteiger partial charge < -0.3 is 10.0 Å². The predicted octanol–water partition coefficient (Wildman–Crippen LogP) is 3.42.